The van der Waals surface area contributed by atoms with Gasteiger partial charge in [-0.15, -0.1) is 23.5 Å². The third kappa shape index (κ3) is 5.17. The Morgan fingerprint density at radius 2 is 1.74 bits per heavy atom. The zero-order valence-corrected chi connectivity index (χ0v) is 16.2. The summed E-state index contributed by atoms with van der Waals surface area (Å²) >= 11 is 3.79. The van der Waals surface area contributed by atoms with Crippen molar-refractivity contribution in [1.82, 2.24) is 10.9 Å². The molecule has 1 aliphatic rings. The lowest BCUT2D eigenvalue weighted by Gasteiger charge is -2.15. The number of rotatable bonds is 5. The quantitative estimate of drug-likeness (QED) is 0.744. The van der Waals surface area contributed by atoms with Crippen molar-refractivity contribution < 1.29 is 18.7 Å². The Labute approximate surface area is 165 Å². The van der Waals surface area contributed by atoms with Gasteiger partial charge in [0.1, 0.15) is 0 Å². The van der Waals surface area contributed by atoms with Crippen molar-refractivity contribution in [3.05, 3.63) is 65.5 Å². The molecule has 0 spiro atoms. The van der Waals surface area contributed by atoms with Gasteiger partial charge in [-0.2, -0.15) is 0 Å². The zero-order chi connectivity index (χ0) is 19.2. The van der Waals surface area contributed by atoms with Crippen LogP contribution in [0.1, 0.15) is 27.4 Å². The van der Waals surface area contributed by atoms with Crippen molar-refractivity contribution in [1.29, 1.82) is 0 Å². The van der Waals surface area contributed by atoms with Crippen molar-refractivity contribution in [3.63, 3.8) is 0 Å². The predicted octanol–water partition coefficient (Wildman–Crippen LogP) is 3.53. The van der Waals surface area contributed by atoms with Crippen LogP contribution < -0.4 is 15.6 Å². The number of hydrogen-bond acceptors (Lipinski definition) is 5. The van der Waals surface area contributed by atoms with Gasteiger partial charge in [-0.05, 0) is 36.8 Å². The first-order valence-electron chi connectivity index (χ1n) is 8.39. The maximum absolute atomic E-state index is 13.6. The average molecular weight is 407 g/mol. The first kappa shape index (κ1) is 19.6. The molecule has 142 valence electrons. The number of para-hydroxylation sites is 1. The number of benzene rings is 2. The second-order valence-electron chi connectivity index (χ2n) is 5.83. The van der Waals surface area contributed by atoms with Gasteiger partial charge >= 0.3 is 0 Å². The summed E-state index contributed by atoms with van der Waals surface area (Å²) in [5, 5.41) is 0. The van der Waals surface area contributed by atoms with Crippen LogP contribution in [-0.4, -0.2) is 29.4 Å². The summed E-state index contributed by atoms with van der Waals surface area (Å²) in [6.07, 6.45) is -0.971. The minimum Gasteiger partial charge on any atom is -0.478 e. The molecule has 0 bridgehead atoms. The lowest BCUT2D eigenvalue weighted by Crippen LogP contribution is -2.47. The molecule has 3 rings (SSSR count). The van der Waals surface area contributed by atoms with Crippen LogP contribution in [0.25, 0.3) is 0 Å². The van der Waals surface area contributed by atoms with Gasteiger partial charge in [-0.25, -0.2) is 4.39 Å². The van der Waals surface area contributed by atoms with E-state index in [2.05, 4.69) is 10.9 Å². The fraction of sp³-hybridized carbons (Fsp3) is 0.263. The van der Waals surface area contributed by atoms with Gasteiger partial charge in [-0.3, -0.25) is 20.4 Å². The molecule has 27 heavy (non-hydrogen) atoms. The van der Waals surface area contributed by atoms with Crippen molar-refractivity contribution in [2.24, 2.45) is 0 Å². The summed E-state index contributed by atoms with van der Waals surface area (Å²) in [6.45, 7) is 1.47. The number of carbonyl (C=O) groups excluding carboxylic acids is 2. The number of thioether (sulfide) groups is 2. The molecule has 0 aliphatic carbocycles. The molecule has 2 aromatic carbocycles. The second kappa shape index (κ2) is 9.14. The number of ether oxygens (including phenoxy) is 1. The van der Waals surface area contributed by atoms with Crippen LogP contribution in [0.3, 0.4) is 0 Å². The van der Waals surface area contributed by atoms with Crippen molar-refractivity contribution in [2.75, 3.05) is 11.5 Å². The van der Waals surface area contributed by atoms with Gasteiger partial charge in [0.15, 0.2) is 17.7 Å². The van der Waals surface area contributed by atoms with Gasteiger partial charge < -0.3 is 4.74 Å². The van der Waals surface area contributed by atoms with E-state index in [9.17, 15) is 14.0 Å². The third-order valence-electron chi connectivity index (χ3n) is 3.88. The predicted molar refractivity (Wildman–Crippen MR) is 106 cm³/mol. The molecule has 1 aliphatic heterocycles. The number of carbonyl (C=O) groups is 2. The molecule has 0 saturated carbocycles. The highest BCUT2D eigenvalue weighted by molar-refractivity contribution is 8.19. The topological polar surface area (TPSA) is 67.4 Å². The number of hydrogen-bond donors (Lipinski definition) is 2. The molecule has 5 nitrogen and oxygen atoms in total. The highest BCUT2D eigenvalue weighted by atomic mass is 32.2. The molecule has 2 aromatic rings. The van der Waals surface area contributed by atoms with Crippen molar-refractivity contribution in [2.45, 2.75) is 17.6 Å². The standard InChI is InChI=1S/C19H19FN2O3S2/c1-12(25-16-5-3-2-4-15(16)20)17(23)21-22-18(24)13-6-8-14(9-7-13)19-26-10-11-27-19/h2-9,12,19H,10-11H2,1H3,(H,21,23)(H,22,24)/t12-/m0/s1. The molecule has 1 heterocycles. The Morgan fingerprint density at radius 1 is 1.07 bits per heavy atom. The molecule has 1 atom stereocenters. The Bertz CT molecular complexity index is 811. The minimum absolute atomic E-state index is 0.0234. The summed E-state index contributed by atoms with van der Waals surface area (Å²) in [7, 11) is 0. The smallest absolute Gasteiger partial charge is 0.279 e. The Hall–Kier alpha value is -2.19. The monoisotopic (exact) mass is 406 g/mol. The fourth-order valence-electron chi connectivity index (χ4n) is 2.42. The molecule has 8 heteroatoms. The van der Waals surface area contributed by atoms with Crippen LogP contribution in [0.4, 0.5) is 4.39 Å². The number of amides is 2. The molecule has 2 amide bonds. The molecular formula is C19H19FN2O3S2. The van der Waals surface area contributed by atoms with E-state index in [1.807, 2.05) is 35.7 Å². The van der Waals surface area contributed by atoms with E-state index in [1.54, 1.807) is 18.2 Å². The molecule has 1 saturated heterocycles. The van der Waals surface area contributed by atoms with E-state index in [0.29, 0.717) is 10.1 Å². The molecule has 0 radical (unpaired) electrons. The van der Waals surface area contributed by atoms with Crippen molar-refractivity contribution in [3.8, 4) is 5.75 Å². The average Bonchev–Trinajstić information content (AvgIpc) is 3.22. The highest BCUT2D eigenvalue weighted by Gasteiger charge is 2.19. The summed E-state index contributed by atoms with van der Waals surface area (Å²) in [5.74, 6) is 0.680. The van der Waals surface area contributed by atoms with Crippen LogP contribution in [0.2, 0.25) is 0 Å². The summed E-state index contributed by atoms with van der Waals surface area (Å²) in [4.78, 5) is 24.2. The minimum atomic E-state index is -0.971. The molecule has 1 fully saturated rings. The van der Waals surface area contributed by atoms with Gasteiger partial charge in [-0.1, -0.05) is 24.3 Å². The van der Waals surface area contributed by atoms with E-state index in [-0.39, 0.29) is 5.75 Å². The molecule has 0 aromatic heterocycles. The van der Waals surface area contributed by atoms with Gasteiger partial charge in [0.2, 0.25) is 0 Å². The third-order valence-corrected chi connectivity index (χ3v) is 6.98. The van der Waals surface area contributed by atoms with E-state index < -0.39 is 23.7 Å². The zero-order valence-electron chi connectivity index (χ0n) is 14.6. The van der Waals surface area contributed by atoms with Gasteiger partial charge in [0.05, 0.1) is 4.58 Å². The van der Waals surface area contributed by atoms with Crippen LogP contribution in [0.15, 0.2) is 48.5 Å². The maximum atomic E-state index is 13.6. The number of hydrazine groups is 1. The van der Waals surface area contributed by atoms with E-state index in [1.165, 1.54) is 30.7 Å². The first-order valence-corrected chi connectivity index (χ1v) is 10.5. The van der Waals surface area contributed by atoms with Crippen LogP contribution in [-0.2, 0) is 4.79 Å². The Morgan fingerprint density at radius 3 is 2.41 bits per heavy atom. The molecule has 0 unspecified atom stereocenters. The first-order chi connectivity index (χ1) is 13.0. The largest absolute Gasteiger partial charge is 0.478 e. The van der Waals surface area contributed by atoms with Crippen molar-refractivity contribution >= 4 is 35.3 Å². The lowest BCUT2D eigenvalue weighted by atomic mass is 10.1. The van der Waals surface area contributed by atoms with Crippen LogP contribution in [0.5, 0.6) is 5.75 Å². The van der Waals surface area contributed by atoms with Gasteiger partial charge in [0, 0.05) is 17.1 Å². The fourth-order valence-corrected chi connectivity index (χ4v) is 5.28. The van der Waals surface area contributed by atoms with Crippen LogP contribution in [0, 0.1) is 5.82 Å². The van der Waals surface area contributed by atoms with Gasteiger partial charge in [0.25, 0.3) is 11.8 Å². The maximum Gasteiger partial charge on any atom is 0.279 e. The van der Waals surface area contributed by atoms with Crippen LogP contribution >= 0.6 is 23.5 Å². The Kier molecular flexibility index (Phi) is 6.63. The van der Waals surface area contributed by atoms with E-state index in [4.69, 9.17) is 4.74 Å². The van der Waals surface area contributed by atoms with E-state index in [0.717, 1.165) is 11.5 Å². The number of nitrogens with one attached hydrogen (secondary N) is 2. The molecular weight excluding hydrogens is 387 g/mol. The summed E-state index contributed by atoms with van der Waals surface area (Å²) in [5.41, 5.74) is 6.26. The summed E-state index contributed by atoms with van der Waals surface area (Å²) < 4.78 is 19.3. The number of halogens is 1. The lowest BCUT2D eigenvalue weighted by molar-refractivity contribution is -0.128. The van der Waals surface area contributed by atoms with E-state index >= 15 is 0 Å². The SMILES string of the molecule is C[C@H](Oc1ccccc1F)C(=O)NNC(=O)c1ccc(C2SCCS2)cc1. The highest BCUT2D eigenvalue weighted by Crippen LogP contribution is 2.45. The molecule has 2 N–H and O–H groups in total. The Balaban J connectivity index is 1.50. The normalized spacial score (nSPS) is 15.2. The summed E-state index contributed by atoms with van der Waals surface area (Å²) in [6, 6.07) is 13.1. The second-order valence-corrected chi connectivity index (χ2v) is 8.55.